The van der Waals surface area contributed by atoms with Gasteiger partial charge in [0.05, 0.1) is 16.6 Å². The van der Waals surface area contributed by atoms with Crippen molar-refractivity contribution in [3.05, 3.63) is 71.8 Å². The molecule has 3 aliphatic rings. The minimum absolute atomic E-state index is 0.0238. The van der Waals surface area contributed by atoms with E-state index in [0.717, 1.165) is 24.0 Å². The van der Waals surface area contributed by atoms with E-state index in [1.165, 1.54) is 0 Å². The van der Waals surface area contributed by atoms with Gasteiger partial charge in [0.25, 0.3) is 0 Å². The molecule has 6 atom stereocenters. The van der Waals surface area contributed by atoms with Gasteiger partial charge in [0.2, 0.25) is 17.7 Å². The Bertz CT molecular complexity index is 1150. The molecule has 38 heavy (non-hydrogen) atoms. The van der Waals surface area contributed by atoms with Crippen molar-refractivity contribution in [2.75, 3.05) is 13.2 Å². The third-order valence-corrected chi connectivity index (χ3v) is 10.5. The van der Waals surface area contributed by atoms with Crippen LogP contribution < -0.4 is 10.6 Å². The average molecular weight is 536 g/mol. The first-order chi connectivity index (χ1) is 18.5. The molecule has 0 aliphatic carbocycles. The number of benzene rings is 2. The van der Waals surface area contributed by atoms with E-state index in [9.17, 15) is 19.5 Å². The molecule has 0 saturated carbocycles. The Morgan fingerprint density at radius 1 is 0.947 bits per heavy atom. The SMILES string of the molecule is CC1C[C@@H]2SC13C(C(=O)NCc1ccccc1)N(CCCCCO)C(=O)[C@@H]3[C@@H]2C(=O)NCc1ccccc1. The van der Waals surface area contributed by atoms with Gasteiger partial charge in [-0.15, -0.1) is 11.8 Å². The van der Waals surface area contributed by atoms with Gasteiger partial charge in [0.1, 0.15) is 6.04 Å². The molecule has 0 aromatic heterocycles. The van der Waals surface area contributed by atoms with E-state index in [2.05, 4.69) is 17.6 Å². The lowest BCUT2D eigenvalue weighted by atomic mass is 9.66. The highest BCUT2D eigenvalue weighted by Crippen LogP contribution is 2.68. The van der Waals surface area contributed by atoms with Gasteiger partial charge in [-0.05, 0) is 42.7 Å². The number of amides is 3. The number of likely N-dealkylation sites (tertiary alicyclic amines) is 1. The number of aliphatic hydroxyl groups is 1. The number of thioether (sulfide) groups is 1. The summed E-state index contributed by atoms with van der Waals surface area (Å²) in [6.45, 7) is 3.52. The highest BCUT2D eigenvalue weighted by Gasteiger charge is 2.75. The van der Waals surface area contributed by atoms with Crippen molar-refractivity contribution in [1.82, 2.24) is 15.5 Å². The summed E-state index contributed by atoms with van der Waals surface area (Å²) in [7, 11) is 0. The zero-order valence-corrected chi connectivity index (χ0v) is 22.7. The van der Waals surface area contributed by atoms with Crippen LogP contribution in [-0.4, -0.2) is 56.9 Å². The van der Waals surface area contributed by atoms with Crippen LogP contribution >= 0.6 is 11.8 Å². The summed E-state index contributed by atoms with van der Waals surface area (Å²) in [5.41, 5.74) is 2.02. The fourth-order valence-corrected chi connectivity index (χ4v) is 9.14. The number of nitrogens with one attached hydrogen (secondary N) is 2. The molecule has 3 heterocycles. The number of nitrogens with zero attached hydrogens (tertiary/aromatic N) is 1. The largest absolute Gasteiger partial charge is 0.396 e. The molecule has 5 rings (SSSR count). The monoisotopic (exact) mass is 535 g/mol. The van der Waals surface area contributed by atoms with Gasteiger partial charge in [-0.25, -0.2) is 0 Å². The predicted molar refractivity (Wildman–Crippen MR) is 148 cm³/mol. The molecule has 2 aromatic carbocycles. The Morgan fingerprint density at radius 3 is 2.16 bits per heavy atom. The van der Waals surface area contributed by atoms with Crippen molar-refractivity contribution in [2.24, 2.45) is 17.8 Å². The Labute approximate surface area is 228 Å². The van der Waals surface area contributed by atoms with E-state index in [0.29, 0.717) is 32.5 Å². The van der Waals surface area contributed by atoms with Crippen molar-refractivity contribution >= 4 is 29.5 Å². The summed E-state index contributed by atoms with van der Waals surface area (Å²) in [5, 5.41) is 15.4. The van der Waals surface area contributed by atoms with Crippen LogP contribution in [0.3, 0.4) is 0 Å². The first-order valence-electron chi connectivity index (χ1n) is 13.7. The third-order valence-electron chi connectivity index (χ3n) is 8.47. The van der Waals surface area contributed by atoms with Crippen LogP contribution in [0, 0.1) is 17.8 Å². The van der Waals surface area contributed by atoms with Crippen LogP contribution in [0.1, 0.15) is 43.7 Å². The van der Waals surface area contributed by atoms with Crippen LogP contribution in [0.5, 0.6) is 0 Å². The number of rotatable bonds is 11. The molecule has 1 spiro atoms. The van der Waals surface area contributed by atoms with E-state index >= 15 is 0 Å². The zero-order chi connectivity index (χ0) is 26.7. The summed E-state index contributed by atoms with van der Waals surface area (Å²) in [6.07, 6.45) is 2.98. The Hall–Kier alpha value is -2.84. The van der Waals surface area contributed by atoms with Crippen LogP contribution in [0.15, 0.2) is 60.7 Å². The molecule has 3 N–H and O–H groups in total. The quantitative estimate of drug-likeness (QED) is 0.384. The van der Waals surface area contributed by atoms with Gasteiger partial charge < -0.3 is 20.6 Å². The van der Waals surface area contributed by atoms with Gasteiger partial charge >= 0.3 is 0 Å². The number of fused-ring (bicyclic) bond motifs is 1. The lowest BCUT2D eigenvalue weighted by Gasteiger charge is -2.38. The highest BCUT2D eigenvalue weighted by molar-refractivity contribution is 8.02. The van der Waals surface area contributed by atoms with Gasteiger partial charge in [-0.2, -0.15) is 0 Å². The molecule has 3 saturated heterocycles. The Morgan fingerprint density at radius 2 is 1.55 bits per heavy atom. The number of unbranched alkanes of at least 4 members (excludes halogenated alkanes) is 2. The minimum atomic E-state index is -0.617. The lowest BCUT2D eigenvalue weighted by Crippen LogP contribution is -2.56. The number of carbonyl (C=O) groups is 3. The van der Waals surface area contributed by atoms with Crippen LogP contribution in [-0.2, 0) is 27.5 Å². The van der Waals surface area contributed by atoms with E-state index < -0.39 is 22.6 Å². The van der Waals surface area contributed by atoms with Crippen LogP contribution in [0.25, 0.3) is 0 Å². The van der Waals surface area contributed by atoms with Gasteiger partial charge in [-0.3, -0.25) is 14.4 Å². The third kappa shape index (κ3) is 4.84. The molecule has 2 aromatic rings. The smallest absolute Gasteiger partial charge is 0.244 e. The maximum atomic E-state index is 14.1. The molecular formula is C30H37N3O4S. The lowest BCUT2D eigenvalue weighted by molar-refractivity contribution is -0.140. The molecule has 3 aliphatic heterocycles. The molecule has 3 amide bonds. The first-order valence-corrected chi connectivity index (χ1v) is 14.6. The van der Waals surface area contributed by atoms with Crippen LogP contribution in [0.4, 0.5) is 0 Å². The topological polar surface area (TPSA) is 98.7 Å². The van der Waals surface area contributed by atoms with E-state index in [-0.39, 0.29) is 35.5 Å². The predicted octanol–water partition coefficient (Wildman–Crippen LogP) is 3.12. The molecular weight excluding hydrogens is 498 g/mol. The Kier molecular flexibility index (Phi) is 8.09. The molecule has 8 heteroatoms. The summed E-state index contributed by atoms with van der Waals surface area (Å²) in [6, 6.07) is 18.9. The van der Waals surface area contributed by atoms with Crippen LogP contribution in [0.2, 0.25) is 0 Å². The highest BCUT2D eigenvalue weighted by atomic mass is 32.2. The van der Waals surface area contributed by atoms with Gasteiger partial charge in [0, 0.05) is 31.5 Å². The van der Waals surface area contributed by atoms with Gasteiger partial charge in [-0.1, -0.05) is 67.6 Å². The Balaban J connectivity index is 1.39. The fourth-order valence-electron chi connectivity index (χ4n) is 6.72. The van der Waals surface area contributed by atoms with E-state index in [1.54, 1.807) is 16.7 Å². The molecule has 202 valence electrons. The number of aliphatic hydroxyl groups excluding tert-OH is 1. The average Bonchev–Trinajstić information content (AvgIpc) is 3.53. The molecule has 3 unspecified atom stereocenters. The van der Waals surface area contributed by atoms with Crippen molar-refractivity contribution < 1.29 is 19.5 Å². The minimum Gasteiger partial charge on any atom is -0.396 e. The molecule has 7 nitrogen and oxygen atoms in total. The second kappa shape index (κ2) is 11.5. The molecule has 2 bridgehead atoms. The van der Waals surface area contributed by atoms with Gasteiger partial charge in [0.15, 0.2) is 0 Å². The normalized spacial score (nSPS) is 29.4. The first kappa shape index (κ1) is 26.8. The summed E-state index contributed by atoms with van der Waals surface area (Å²) >= 11 is 1.70. The second-order valence-corrected chi connectivity index (χ2v) is 12.3. The van der Waals surface area contributed by atoms with Crippen molar-refractivity contribution in [1.29, 1.82) is 0 Å². The molecule has 3 fully saturated rings. The number of hydrogen-bond donors (Lipinski definition) is 3. The summed E-state index contributed by atoms with van der Waals surface area (Å²) < 4.78 is -0.617. The zero-order valence-electron chi connectivity index (χ0n) is 21.8. The van der Waals surface area contributed by atoms with Crippen molar-refractivity contribution in [3.63, 3.8) is 0 Å². The second-order valence-electron chi connectivity index (χ2n) is 10.8. The van der Waals surface area contributed by atoms with E-state index in [1.807, 2.05) is 60.7 Å². The maximum Gasteiger partial charge on any atom is 0.244 e. The maximum absolute atomic E-state index is 14.1. The number of hydrogen-bond acceptors (Lipinski definition) is 5. The fraction of sp³-hybridized carbons (Fsp3) is 0.500. The molecule has 0 radical (unpaired) electrons. The summed E-state index contributed by atoms with van der Waals surface area (Å²) in [4.78, 5) is 43.2. The number of carbonyl (C=O) groups excluding carboxylic acids is 3. The van der Waals surface area contributed by atoms with E-state index in [4.69, 9.17) is 0 Å². The standard InChI is InChI=1S/C30H37N3O4S/c1-20-17-23-24(27(35)31-18-21-11-5-2-6-12-21)25-29(37)33(15-9-4-10-16-34)26(30(20,25)38-23)28(36)32-19-22-13-7-3-8-14-22/h2-3,5-8,11-14,20,23-26,34H,4,9-10,15-19H2,1H3,(H,31,35)(H,32,36)/t20?,23-,24+,25-,26?,30?/m0/s1. The van der Waals surface area contributed by atoms with Crippen molar-refractivity contribution in [3.8, 4) is 0 Å². The summed E-state index contributed by atoms with van der Waals surface area (Å²) in [5.74, 6) is -1.13. The van der Waals surface area contributed by atoms with Crippen molar-refractivity contribution in [2.45, 2.75) is 61.7 Å².